The molecule has 5 rings (SSSR count). The summed E-state index contributed by atoms with van der Waals surface area (Å²) < 4.78 is 51.4. The lowest BCUT2D eigenvalue weighted by Crippen LogP contribution is -2.73. The van der Waals surface area contributed by atoms with E-state index in [1.165, 1.54) is 24.0 Å². The van der Waals surface area contributed by atoms with E-state index in [0.29, 0.717) is 0 Å². The van der Waals surface area contributed by atoms with Crippen molar-refractivity contribution in [3.63, 3.8) is 0 Å². The number of amides is 1. The Hall–Kier alpha value is -3.51. The highest BCUT2D eigenvalue weighted by molar-refractivity contribution is 7.86. The molecule has 2 saturated heterocycles. The summed E-state index contributed by atoms with van der Waals surface area (Å²) in [4.78, 5) is 26.9. The van der Waals surface area contributed by atoms with Gasteiger partial charge in [0.1, 0.15) is 18.8 Å². The Labute approximate surface area is 254 Å². The number of hydrogen-bond acceptors (Lipinski definition) is 8. The number of carbonyl (C=O) groups is 2. The molecule has 0 N–H and O–H groups in total. The standard InChI is InChI=1S/C32H37NO8SSi/c1-22-16-18-24(19-17-22)42(36,37)40-28-20-33-27(21-38-31(33)35)29(30(28)39-23(2)34)41-43(32(3,4)5,25-12-8-6-9-13-25)26-14-10-7-11-15-26/h6-19,27-30H,20-21H2,1-5H3/t27-,28+,29-,30-/m1/s1. The van der Waals surface area contributed by atoms with Crippen LogP contribution >= 0.6 is 0 Å². The van der Waals surface area contributed by atoms with Gasteiger partial charge in [0.2, 0.25) is 0 Å². The third-order valence-corrected chi connectivity index (χ3v) is 14.4. The first kappa shape index (κ1) is 30.9. The summed E-state index contributed by atoms with van der Waals surface area (Å²) in [7, 11) is -7.57. The van der Waals surface area contributed by atoms with Crippen molar-refractivity contribution in [1.29, 1.82) is 0 Å². The molecule has 2 heterocycles. The first-order chi connectivity index (χ1) is 20.3. The van der Waals surface area contributed by atoms with Crippen molar-refractivity contribution < 1.29 is 36.1 Å². The van der Waals surface area contributed by atoms with Gasteiger partial charge in [0.25, 0.3) is 18.4 Å². The first-order valence-corrected chi connectivity index (χ1v) is 17.5. The largest absolute Gasteiger partial charge is 0.457 e. The Bertz CT molecular complexity index is 1520. The van der Waals surface area contributed by atoms with E-state index in [9.17, 15) is 18.0 Å². The van der Waals surface area contributed by atoms with E-state index in [1.54, 1.807) is 12.1 Å². The van der Waals surface area contributed by atoms with Gasteiger partial charge in [-0.25, -0.2) is 4.79 Å². The third-order valence-electron chi connectivity index (χ3n) is 8.05. The maximum Gasteiger partial charge on any atom is 0.410 e. The smallest absolute Gasteiger partial charge is 0.410 e. The summed E-state index contributed by atoms with van der Waals surface area (Å²) in [5.41, 5.74) is 0.885. The second kappa shape index (κ2) is 11.9. The molecule has 0 saturated carbocycles. The molecule has 9 nitrogen and oxygen atoms in total. The van der Waals surface area contributed by atoms with Crippen LogP contribution in [-0.2, 0) is 33.0 Å². The molecule has 11 heteroatoms. The Morgan fingerprint density at radius 1 is 0.907 bits per heavy atom. The Morgan fingerprint density at radius 2 is 1.47 bits per heavy atom. The molecule has 0 bridgehead atoms. The molecular weight excluding hydrogens is 587 g/mol. The van der Waals surface area contributed by atoms with Crippen LogP contribution in [0.1, 0.15) is 33.3 Å². The van der Waals surface area contributed by atoms with Gasteiger partial charge in [0.15, 0.2) is 6.10 Å². The van der Waals surface area contributed by atoms with Crippen LogP contribution < -0.4 is 10.4 Å². The normalized spacial score (nSPS) is 22.5. The number of esters is 1. The highest BCUT2D eigenvalue weighted by Gasteiger charge is 2.59. The van der Waals surface area contributed by atoms with Crippen molar-refractivity contribution in [3.8, 4) is 0 Å². The van der Waals surface area contributed by atoms with Crippen LogP contribution in [0.3, 0.4) is 0 Å². The molecule has 2 aliphatic rings. The zero-order valence-corrected chi connectivity index (χ0v) is 26.7. The molecule has 2 fully saturated rings. The molecule has 0 radical (unpaired) electrons. The monoisotopic (exact) mass is 623 g/mol. The van der Waals surface area contributed by atoms with Crippen molar-refractivity contribution in [3.05, 3.63) is 90.5 Å². The molecule has 0 aliphatic carbocycles. The second-order valence-electron chi connectivity index (χ2n) is 12.0. The fourth-order valence-electron chi connectivity index (χ4n) is 6.06. The Balaban J connectivity index is 1.65. The fraction of sp³-hybridized carbons (Fsp3) is 0.375. The van der Waals surface area contributed by atoms with Crippen molar-refractivity contribution in [2.45, 2.75) is 68.9 Å². The molecule has 3 aromatic rings. The third kappa shape index (κ3) is 5.99. The molecule has 2 aliphatic heterocycles. The fourth-order valence-corrected chi connectivity index (χ4v) is 11.8. The summed E-state index contributed by atoms with van der Waals surface area (Å²) in [6.07, 6.45) is -3.98. The lowest BCUT2D eigenvalue weighted by Gasteiger charge is -2.50. The molecule has 0 unspecified atom stereocenters. The van der Waals surface area contributed by atoms with Crippen LogP contribution in [0.15, 0.2) is 89.8 Å². The number of fused-ring (bicyclic) bond motifs is 1. The average Bonchev–Trinajstić information content (AvgIpc) is 3.33. The van der Waals surface area contributed by atoms with E-state index in [1.807, 2.05) is 67.6 Å². The number of piperidine rings is 1. The van der Waals surface area contributed by atoms with E-state index in [4.69, 9.17) is 18.1 Å². The number of cyclic esters (lactones) is 1. The van der Waals surface area contributed by atoms with Crippen LogP contribution in [0.5, 0.6) is 0 Å². The van der Waals surface area contributed by atoms with Crippen LogP contribution in [0.25, 0.3) is 0 Å². The zero-order chi connectivity index (χ0) is 31.0. The molecule has 228 valence electrons. The molecule has 3 aromatic carbocycles. The van der Waals surface area contributed by atoms with Crippen molar-refractivity contribution in [1.82, 2.24) is 4.90 Å². The Morgan fingerprint density at radius 3 is 1.98 bits per heavy atom. The molecule has 0 aromatic heterocycles. The minimum Gasteiger partial charge on any atom is -0.457 e. The van der Waals surface area contributed by atoms with Crippen LogP contribution in [-0.4, -0.2) is 71.2 Å². The minimum atomic E-state index is -4.31. The number of rotatable bonds is 8. The van der Waals surface area contributed by atoms with Gasteiger partial charge in [-0.2, -0.15) is 8.42 Å². The SMILES string of the molecule is CC(=O)O[C@H]1[C@H](O[Si](c2ccccc2)(c2ccccc2)C(C)(C)C)[C@H]2COC(=O)N2C[C@@H]1OS(=O)(=O)c1ccc(C)cc1. The summed E-state index contributed by atoms with van der Waals surface area (Å²) in [6, 6.07) is 25.4. The first-order valence-electron chi connectivity index (χ1n) is 14.2. The van der Waals surface area contributed by atoms with E-state index < -0.39 is 59.9 Å². The van der Waals surface area contributed by atoms with E-state index in [-0.39, 0.29) is 18.0 Å². The van der Waals surface area contributed by atoms with Crippen molar-refractivity contribution >= 4 is 40.9 Å². The molecule has 4 atom stereocenters. The maximum atomic E-state index is 13.5. The number of aryl methyl sites for hydroxylation is 1. The van der Waals surface area contributed by atoms with Crippen LogP contribution in [0.2, 0.25) is 5.04 Å². The van der Waals surface area contributed by atoms with Gasteiger partial charge in [-0.15, -0.1) is 0 Å². The summed E-state index contributed by atoms with van der Waals surface area (Å²) in [6.45, 7) is 9.26. The lowest BCUT2D eigenvalue weighted by atomic mass is 9.95. The molecule has 1 amide bonds. The number of ether oxygens (including phenoxy) is 2. The van der Waals surface area contributed by atoms with Gasteiger partial charge in [0, 0.05) is 6.92 Å². The summed E-state index contributed by atoms with van der Waals surface area (Å²) >= 11 is 0. The second-order valence-corrected chi connectivity index (χ2v) is 17.8. The van der Waals surface area contributed by atoms with E-state index in [0.717, 1.165) is 15.9 Å². The van der Waals surface area contributed by atoms with E-state index >= 15 is 0 Å². The lowest BCUT2D eigenvalue weighted by molar-refractivity contribution is -0.169. The summed E-state index contributed by atoms with van der Waals surface area (Å²) in [5, 5.41) is 1.50. The van der Waals surface area contributed by atoms with E-state index in [2.05, 4.69) is 20.8 Å². The van der Waals surface area contributed by atoms with Crippen LogP contribution in [0, 0.1) is 6.92 Å². The summed E-state index contributed by atoms with van der Waals surface area (Å²) in [5.74, 6) is -0.624. The average molecular weight is 624 g/mol. The van der Waals surface area contributed by atoms with Gasteiger partial charge in [0.05, 0.1) is 17.5 Å². The topological polar surface area (TPSA) is 108 Å². The predicted octanol–water partition coefficient (Wildman–Crippen LogP) is 3.78. The minimum absolute atomic E-state index is 0.00308. The number of hydrogen-bond donors (Lipinski definition) is 0. The quantitative estimate of drug-likeness (QED) is 0.212. The van der Waals surface area contributed by atoms with Crippen molar-refractivity contribution in [2.24, 2.45) is 0 Å². The van der Waals surface area contributed by atoms with Gasteiger partial charge in [-0.05, 0) is 34.5 Å². The zero-order valence-electron chi connectivity index (χ0n) is 24.9. The maximum absolute atomic E-state index is 13.5. The molecular formula is C32H37NO8SSi. The highest BCUT2D eigenvalue weighted by Crippen LogP contribution is 2.41. The van der Waals surface area contributed by atoms with Gasteiger partial charge < -0.3 is 13.9 Å². The van der Waals surface area contributed by atoms with Gasteiger partial charge >= 0.3 is 12.1 Å². The van der Waals surface area contributed by atoms with Gasteiger partial charge in [-0.3, -0.25) is 13.9 Å². The van der Waals surface area contributed by atoms with Gasteiger partial charge in [-0.1, -0.05) is 99.1 Å². The Kier molecular flexibility index (Phi) is 8.54. The number of benzene rings is 3. The number of carbonyl (C=O) groups excluding carboxylic acids is 2. The predicted molar refractivity (Wildman–Crippen MR) is 163 cm³/mol. The molecule has 43 heavy (non-hydrogen) atoms. The van der Waals surface area contributed by atoms with Crippen molar-refractivity contribution in [2.75, 3.05) is 13.2 Å². The number of nitrogens with zero attached hydrogens (tertiary/aromatic N) is 1. The molecule has 0 spiro atoms. The highest BCUT2D eigenvalue weighted by atomic mass is 32.2. The van der Waals surface area contributed by atoms with Crippen LogP contribution in [0.4, 0.5) is 4.79 Å².